The molecule has 78 valence electrons. The first-order valence-corrected chi connectivity index (χ1v) is 5.37. The maximum Gasteiger partial charge on any atom is 0.0852 e. The molecule has 0 amide bonds. The fraction of sp³-hybridized carbons (Fsp3) is 1.00. The fourth-order valence-electron chi connectivity index (χ4n) is 2.01. The van der Waals surface area contributed by atoms with E-state index in [1.165, 1.54) is 6.42 Å². The molecule has 13 heavy (non-hydrogen) atoms. The van der Waals surface area contributed by atoms with Crippen LogP contribution in [0.25, 0.3) is 0 Å². The Morgan fingerprint density at radius 3 is 2.77 bits per heavy atom. The maximum absolute atomic E-state index is 10.00. The minimum Gasteiger partial charge on any atom is -0.390 e. The van der Waals surface area contributed by atoms with Gasteiger partial charge in [0, 0.05) is 6.61 Å². The molecule has 2 atom stereocenters. The van der Waals surface area contributed by atoms with E-state index in [1.54, 1.807) is 0 Å². The van der Waals surface area contributed by atoms with Gasteiger partial charge in [0.2, 0.25) is 0 Å². The molecule has 0 heterocycles. The van der Waals surface area contributed by atoms with Gasteiger partial charge in [-0.2, -0.15) is 0 Å². The van der Waals surface area contributed by atoms with Crippen molar-refractivity contribution in [2.45, 2.75) is 58.7 Å². The third-order valence-electron chi connectivity index (χ3n) is 3.00. The Labute approximate surface area is 81.3 Å². The quantitative estimate of drug-likeness (QED) is 0.733. The fourth-order valence-corrected chi connectivity index (χ4v) is 2.01. The molecule has 1 rings (SSSR count). The molecule has 0 aromatic heterocycles. The molecule has 0 spiro atoms. The normalized spacial score (nSPS) is 33.2. The summed E-state index contributed by atoms with van der Waals surface area (Å²) in [5.41, 5.74) is 0.0384. The Hall–Kier alpha value is -0.0800. The van der Waals surface area contributed by atoms with Crippen LogP contribution < -0.4 is 0 Å². The summed E-state index contributed by atoms with van der Waals surface area (Å²) < 4.78 is 5.63. The van der Waals surface area contributed by atoms with Crippen molar-refractivity contribution in [2.24, 2.45) is 5.41 Å². The van der Waals surface area contributed by atoms with Gasteiger partial charge in [0.25, 0.3) is 0 Å². The Balaban J connectivity index is 2.45. The van der Waals surface area contributed by atoms with E-state index in [4.69, 9.17) is 4.74 Å². The lowest BCUT2D eigenvalue weighted by Crippen LogP contribution is -2.44. The van der Waals surface area contributed by atoms with E-state index in [-0.39, 0.29) is 17.6 Å². The molecule has 0 aromatic carbocycles. The predicted molar refractivity (Wildman–Crippen MR) is 53.7 cm³/mol. The van der Waals surface area contributed by atoms with Gasteiger partial charge in [-0.3, -0.25) is 0 Å². The summed E-state index contributed by atoms with van der Waals surface area (Å²) in [5.74, 6) is 0. The van der Waals surface area contributed by atoms with Gasteiger partial charge < -0.3 is 9.84 Å². The predicted octanol–water partition coefficient (Wildman–Crippen LogP) is 2.35. The lowest BCUT2D eigenvalue weighted by molar-refractivity contribution is -0.112. The largest absolute Gasteiger partial charge is 0.390 e. The van der Waals surface area contributed by atoms with Crippen molar-refractivity contribution in [3.05, 3.63) is 0 Å². The molecule has 0 saturated heterocycles. The van der Waals surface area contributed by atoms with Crippen LogP contribution in [-0.4, -0.2) is 23.9 Å². The van der Waals surface area contributed by atoms with Crippen molar-refractivity contribution >= 4 is 0 Å². The second-order valence-corrected chi connectivity index (χ2v) is 4.73. The Morgan fingerprint density at radius 2 is 2.15 bits per heavy atom. The molecular formula is C11H22O2. The lowest BCUT2D eigenvalue weighted by atomic mass is 9.73. The second kappa shape index (κ2) is 4.43. The molecule has 2 heteroatoms. The van der Waals surface area contributed by atoms with Gasteiger partial charge >= 0.3 is 0 Å². The van der Waals surface area contributed by atoms with Crippen LogP contribution in [0.1, 0.15) is 46.5 Å². The van der Waals surface area contributed by atoms with Gasteiger partial charge in [0.1, 0.15) is 0 Å². The zero-order valence-corrected chi connectivity index (χ0v) is 9.05. The second-order valence-electron chi connectivity index (χ2n) is 4.73. The van der Waals surface area contributed by atoms with Crippen LogP contribution in [-0.2, 0) is 4.74 Å². The number of rotatable bonds is 3. The summed E-state index contributed by atoms with van der Waals surface area (Å²) in [6, 6.07) is 0. The summed E-state index contributed by atoms with van der Waals surface area (Å²) in [7, 11) is 0. The SMILES string of the molecule is CCCOC1CCCC(C)(C)C1O. The first kappa shape index (κ1) is 11.0. The van der Waals surface area contributed by atoms with Gasteiger partial charge in [0.15, 0.2) is 0 Å². The average Bonchev–Trinajstić information content (AvgIpc) is 2.08. The molecule has 1 aliphatic carbocycles. The van der Waals surface area contributed by atoms with Crippen LogP contribution in [0.3, 0.4) is 0 Å². The topological polar surface area (TPSA) is 29.5 Å². The van der Waals surface area contributed by atoms with Gasteiger partial charge in [-0.25, -0.2) is 0 Å². The number of aliphatic hydroxyl groups is 1. The summed E-state index contributed by atoms with van der Waals surface area (Å²) in [6.07, 6.45) is 4.13. The zero-order valence-electron chi connectivity index (χ0n) is 9.05. The van der Waals surface area contributed by atoms with Crippen LogP contribution in [0, 0.1) is 5.41 Å². The highest BCUT2D eigenvalue weighted by Gasteiger charge is 2.37. The van der Waals surface area contributed by atoms with Gasteiger partial charge in [0.05, 0.1) is 12.2 Å². The van der Waals surface area contributed by atoms with E-state index in [0.29, 0.717) is 0 Å². The number of hydrogen-bond donors (Lipinski definition) is 1. The van der Waals surface area contributed by atoms with E-state index < -0.39 is 0 Å². The summed E-state index contributed by atoms with van der Waals surface area (Å²) in [4.78, 5) is 0. The molecular weight excluding hydrogens is 164 g/mol. The zero-order chi connectivity index (χ0) is 9.90. The first-order valence-electron chi connectivity index (χ1n) is 5.37. The molecule has 0 bridgehead atoms. The number of ether oxygens (including phenoxy) is 1. The van der Waals surface area contributed by atoms with Gasteiger partial charge in [-0.15, -0.1) is 0 Å². The average molecular weight is 186 g/mol. The van der Waals surface area contributed by atoms with Crippen molar-refractivity contribution in [1.82, 2.24) is 0 Å². The Bertz CT molecular complexity index is 154. The highest BCUT2D eigenvalue weighted by Crippen LogP contribution is 2.36. The van der Waals surface area contributed by atoms with E-state index in [9.17, 15) is 5.11 Å². The van der Waals surface area contributed by atoms with E-state index >= 15 is 0 Å². The van der Waals surface area contributed by atoms with Crippen molar-refractivity contribution in [1.29, 1.82) is 0 Å². The lowest BCUT2D eigenvalue weighted by Gasteiger charge is -2.40. The standard InChI is InChI=1S/C11H22O2/c1-4-8-13-9-6-5-7-11(2,3)10(9)12/h9-10,12H,4-8H2,1-3H3. The van der Waals surface area contributed by atoms with E-state index in [0.717, 1.165) is 25.9 Å². The summed E-state index contributed by atoms with van der Waals surface area (Å²) >= 11 is 0. The Kier molecular flexibility index (Phi) is 3.74. The van der Waals surface area contributed by atoms with Crippen molar-refractivity contribution in [3.63, 3.8) is 0 Å². The summed E-state index contributed by atoms with van der Waals surface area (Å²) in [5, 5.41) is 10.00. The van der Waals surface area contributed by atoms with Crippen LogP contribution >= 0.6 is 0 Å². The Morgan fingerprint density at radius 1 is 1.46 bits per heavy atom. The molecule has 2 unspecified atom stereocenters. The van der Waals surface area contributed by atoms with Crippen LogP contribution in [0.2, 0.25) is 0 Å². The molecule has 0 aromatic rings. The monoisotopic (exact) mass is 186 g/mol. The molecule has 0 aliphatic heterocycles. The van der Waals surface area contributed by atoms with Crippen molar-refractivity contribution in [3.8, 4) is 0 Å². The highest BCUT2D eigenvalue weighted by atomic mass is 16.5. The highest BCUT2D eigenvalue weighted by molar-refractivity contribution is 4.88. The van der Waals surface area contributed by atoms with Gasteiger partial charge in [-0.05, 0) is 24.7 Å². The minimum atomic E-state index is -0.284. The number of aliphatic hydroxyl groups excluding tert-OH is 1. The van der Waals surface area contributed by atoms with Gasteiger partial charge in [-0.1, -0.05) is 27.2 Å². The molecule has 1 saturated carbocycles. The molecule has 1 aliphatic rings. The van der Waals surface area contributed by atoms with Crippen LogP contribution in [0.5, 0.6) is 0 Å². The molecule has 1 N–H and O–H groups in total. The van der Waals surface area contributed by atoms with Crippen LogP contribution in [0.4, 0.5) is 0 Å². The molecule has 0 radical (unpaired) electrons. The first-order chi connectivity index (χ1) is 6.08. The van der Waals surface area contributed by atoms with Crippen molar-refractivity contribution < 1.29 is 9.84 Å². The van der Waals surface area contributed by atoms with E-state index in [1.807, 2.05) is 0 Å². The van der Waals surface area contributed by atoms with Crippen LogP contribution in [0.15, 0.2) is 0 Å². The van der Waals surface area contributed by atoms with E-state index in [2.05, 4.69) is 20.8 Å². The third-order valence-corrected chi connectivity index (χ3v) is 3.00. The number of hydrogen-bond acceptors (Lipinski definition) is 2. The van der Waals surface area contributed by atoms with Crippen molar-refractivity contribution in [2.75, 3.05) is 6.61 Å². The molecule has 2 nitrogen and oxygen atoms in total. The maximum atomic E-state index is 10.00. The molecule has 1 fully saturated rings. The minimum absolute atomic E-state index is 0.0384. The third kappa shape index (κ3) is 2.68. The summed E-state index contributed by atoms with van der Waals surface area (Å²) in [6.45, 7) is 7.12. The smallest absolute Gasteiger partial charge is 0.0852 e.